The Bertz CT molecular complexity index is 356. The molecule has 2 aliphatic heterocycles. The van der Waals surface area contributed by atoms with E-state index in [-0.39, 0.29) is 11.9 Å². The van der Waals surface area contributed by atoms with Gasteiger partial charge in [-0.2, -0.15) is 0 Å². The molecule has 0 bridgehead atoms. The summed E-state index contributed by atoms with van der Waals surface area (Å²) in [5.41, 5.74) is 0.363. The van der Waals surface area contributed by atoms with Crippen molar-refractivity contribution in [2.75, 3.05) is 39.5 Å². The average Bonchev–Trinajstić information content (AvgIpc) is 2.47. The molecular weight excluding hydrogens is 302 g/mol. The zero-order valence-corrected chi connectivity index (χ0v) is 16.8. The number of hydrogen-bond donors (Lipinski definition) is 0. The fraction of sp³-hybridized carbons (Fsp3) is 1.00. The van der Waals surface area contributed by atoms with E-state index >= 15 is 0 Å². The minimum absolute atomic E-state index is 0.0869. The zero-order chi connectivity index (χ0) is 17.8. The molecule has 0 aromatic carbocycles. The topological polar surface area (TPSA) is 30.9 Å². The van der Waals surface area contributed by atoms with Crippen LogP contribution in [0.25, 0.3) is 0 Å². The van der Waals surface area contributed by atoms with Crippen molar-refractivity contribution in [2.45, 2.75) is 72.7 Å². The molecule has 0 radical (unpaired) electrons. The summed E-state index contributed by atoms with van der Waals surface area (Å²) in [4.78, 5) is 2.60. The van der Waals surface area contributed by atoms with E-state index in [1.165, 1.54) is 25.9 Å². The first-order valence-electron chi connectivity index (χ1n) is 9.73. The number of hydrogen-bond acceptors (Lipinski definition) is 4. The van der Waals surface area contributed by atoms with Crippen molar-refractivity contribution in [2.24, 2.45) is 17.3 Å². The molecule has 0 aromatic rings. The van der Waals surface area contributed by atoms with Crippen LogP contribution in [-0.4, -0.2) is 56.2 Å². The number of rotatable bonds is 5. The van der Waals surface area contributed by atoms with Gasteiger partial charge in [-0.15, -0.1) is 0 Å². The van der Waals surface area contributed by atoms with Gasteiger partial charge in [0.05, 0.1) is 25.4 Å². The normalized spacial score (nSPS) is 28.2. The number of likely N-dealkylation sites (tertiary alicyclic amines) is 1. The van der Waals surface area contributed by atoms with E-state index in [2.05, 4.69) is 46.4 Å². The summed E-state index contributed by atoms with van der Waals surface area (Å²) in [6.07, 6.45) is 3.38. The van der Waals surface area contributed by atoms with E-state index in [9.17, 15) is 0 Å². The molecule has 4 nitrogen and oxygen atoms in total. The lowest BCUT2D eigenvalue weighted by atomic mass is 9.75. The Morgan fingerprint density at radius 1 is 0.958 bits per heavy atom. The van der Waals surface area contributed by atoms with Crippen molar-refractivity contribution < 1.29 is 14.2 Å². The number of nitrogens with zero attached hydrogens (tertiary/aromatic N) is 1. The van der Waals surface area contributed by atoms with Crippen molar-refractivity contribution in [3.63, 3.8) is 0 Å². The molecule has 2 rings (SSSR count). The summed E-state index contributed by atoms with van der Waals surface area (Å²) in [6, 6.07) is 0. The molecule has 2 fully saturated rings. The van der Waals surface area contributed by atoms with Crippen LogP contribution in [0.4, 0.5) is 0 Å². The van der Waals surface area contributed by atoms with Gasteiger partial charge in [-0.1, -0.05) is 20.8 Å². The minimum Gasteiger partial charge on any atom is -0.376 e. The molecule has 0 unspecified atom stereocenters. The molecule has 2 heterocycles. The Labute approximate surface area is 149 Å². The van der Waals surface area contributed by atoms with E-state index in [4.69, 9.17) is 14.2 Å². The molecule has 24 heavy (non-hydrogen) atoms. The molecule has 0 atom stereocenters. The highest BCUT2D eigenvalue weighted by Crippen LogP contribution is 2.34. The molecule has 0 spiro atoms. The van der Waals surface area contributed by atoms with Gasteiger partial charge in [0, 0.05) is 18.9 Å². The highest BCUT2D eigenvalue weighted by molar-refractivity contribution is 4.82. The van der Waals surface area contributed by atoms with E-state index in [0.717, 1.165) is 32.1 Å². The lowest BCUT2D eigenvalue weighted by Gasteiger charge is -2.40. The van der Waals surface area contributed by atoms with Gasteiger partial charge in [0.15, 0.2) is 6.29 Å². The molecule has 4 heteroatoms. The molecule has 0 aliphatic carbocycles. The number of ether oxygens (including phenoxy) is 3. The first-order valence-corrected chi connectivity index (χ1v) is 9.73. The van der Waals surface area contributed by atoms with Crippen LogP contribution in [0.15, 0.2) is 0 Å². The standard InChI is InChI=1S/C20H39NO3/c1-19(2,3)17-7-10-21(11-8-17)13-16-14-22-18(23-15-16)9-12-24-20(4,5)6/h16-18H,7-15H2,1-6H3. The van der Waals surface area contributed by atoms with Gasteiger partial charge < -0.3 is 19.1 Å². The molecule has 0 saturated carbocycles. The maximum absolute atomic E-state index is 5.89. The third kappa shape index (κ3) is 6.99. The molecular formula is C20H39NO3. The SMILES string of the molecule is CC(C)(C)OCCC1OCC(CN2CCC(C(C)(C)C)CC2)CO1. The van der Waals surface area contributed by atoms with Crippen LogP contribution in [0.2, 0.25) is 0 Å². The second kappa shape index (κ2) is 8.48. The maximum Gasteiger partial charge on any atom is 0.159 e. The van der Waals surface area contributed by atoms with Crippen LogP contribution in [-0.2, 0) is 14.2 Å². The Morgan fingerprint density at radius 2 is 1.54 bits per heavy atom. The quantitative estimate of drug-likeness (QED) is 0.758. The summed E-state index contributed by atoms with van der Waals surface area (Å²) in [5, 5.41) is 0. The third-order valence-electron chi connectivity index (χ3n) is 5.25. The lowest BCUT2D eigenvalue weighted by Crippen LogP contribution is -2.44. The highest BCUT2D eigenvalue weighted by Gasteiger charge is 2.30. The molecule has 0 aromatic heterocycles. The third-order valence-corrected chi connectivity index (χ3v) is 5.25. The van der Waals surface area contributed by atoms with Gasteiger partial charge >= 0.3 is 0 Å². The van der Waals surface area contributed by atoms with Gasteiger partial charge in [-0.25, -0.2) is 0 Å². The highest BCUT2D eigenvalue weighted by atomic mass is 16.7. The predicted molar refractivity (Wildman–Crippen MR) is 98.1 cm³/mol. The molecule has 0 N–H and O–H groups in total. The predicted octanol–water partition coefficient (Wildman–Crippen LogP) is 3.94. The zero-order valence-electron chi connectivity index (χ0n) is 16.8. The van der Waals surface area contributed by atoms with E-state index < -0.39 is 0 Å². The van der Waals surface area contributed by atoms with Crippen molar-refractivity contribution in [3.8, 4) is 0 Å². The summed E-state index contributed by atoms with van der Waals surface area (Å²) < 4.78 is 17.5. The van der Waals surface area contributed by atoms with Crippen LogP contribution in [0.1, 0.15) is 60.8 Å². The van der Waals surface area contributed by atoms with Gasteiger partial charge in [0.2, 0.25) is 0 Å². The Balaban J connectivity index is 1.60. The van der Waals surface area contributed by atoms with Crippen molar-refractivity contribution >= 4 is 0 Å². The van der Waals surface area contributed by atoms with E-state index in [1.54, 1.807) is 0 Å². The Hall–Kier alpha value is -0.160. The Morgan fingerprint density at radius 3 is 2.04 bits per heavy atom. The Kier molecular flexibility index (Phi) is 7.12. The van der Waals surface area contributed by atoms with Crippen molar-refractivity contribution in [1.29, 1.82) is 0 Å². The van der Waals surface area contributed by atoms with E-state index in [1.807, 2.05) is 0 Å². The summed E-state index contributed by atoms with van der Waals surface area (Å²) in [7, 11) is 0. The molecule has 142 valence electrons. The smallest absolute Gasteiger partial charge is 0.159 e. The van der Waals surface area contributed by atoms with Crippen LogP contribution in [0.5, 0.6) is 0 Å². The second-order valence-corrected chi connectivity index (χ2v) is 9.65. The number of piperidine rings is 1. The van der Waals surface area contributed by atoms with Crippen LogP contribution >= 0.6 is 0 Å². The molecule has 0 amide bonds. The monoisotopic (exact) mass is 341 g/mol. The first-order chi connectivity index (χ1) is 11.1. The van der Waals surface area contributed by atoms with Crippen molar-refractivity contribution in [1.82, 2.24) is 4.90 Å². The maximum atomic E-state index is 5.89. The fourth-order valence-corrected chi connectivity index (χ4v) is 3.66. The second-order valence-electron chi connectivity index (χ2n) is 9.65. The van der Waals surface area contributed by atoms with E-state index in [0.29, 0.717) is 17.9 Å². The van der Waals surface area contributed by atoms with Crippen LogP contribution in [0, 0.1) is 17.3 Å². The summed E-state index contributed by atoms with van der Waals surface area (Å²) >= 11 is 0. The summed E-state index contributed by atoms with van der Waals surface area (Å²) in [6.45, 7) is 19.2. The lowest BCUT2D eigenvalue weighted by molar-refractivity contribution is -0.212. The van der Waals surface area contributed by atoms with Crippen LogP contribution in [0.3, 0.4) is 0 Å². The summed E-state index contributed by atoms with van der Waals surface area (Å²) in [5.74, 6) is 1.37. The van der Waals surface area contributed by atoms with Gasteiger partial charge in [-0.3, -0.25) is 0 Å². The van der Waals surface area contributed by atoms with Gasteiger partial charge in [0.1, 0.15) is 0 Å². The van der Waals surface area contributed by atoms with Gasteiger partial charge in [0.25, 0.3) is 0 Å². The largest absolute Gasteiger partial charge is 0.376 e. The average molecular weight is 342 g/mol. The molecule has 2 aliphatic rings. The van der Waals surface area contributed by atoms with Crippen molar-refractivity contribution in [3.05, 3.63) is 0 Å². The first kappa shape index (κ1) is 20.2. The van der Waals surface area contributed by atoms with Gasteiger partial charge in [-0.05, 0) is 58.0 Å². The van der Waals surface area contributed by atoms with Crippen LogP contribution < -0.4 is 0 Å². The minimum atomic E-state index is -0.0878. The molecule has 2 saturated heterocycles. The fourth-order valence-electron chi connectivity index (χ4n) is 3.66.